The van der Waals surface area contributed by atoms with Crippen molar-refractivity contribution in [2.45, 2.75) is 26.2 Å². The monoisotopic (exact) mass is 272 g/mol. The maximum Gasteiger partial charge on any atom is 0.278 e. The zero-order chi connectivity index (χ0) is 14.5. The SMILES string of the molecule is Cn1cc(-c2nc3nc[nH]n3c(=O)c2C(C)(C)C)cn1. The molecule has 3 heterocycles. The van der Waals surface area contributed by atoms with Crippen molar-refractivity contribution in [3.05, 3.63) is 34.6 Å². The summed E-state index contributed by atoms with van der Waals surface area (Å²) in [5.74, 6) is 0.363. The van der Waals surface area contributed by atoms with Gasteiger partial charge in [-0.25, -0.2) is 9.97 Å². The molecule has 0 atom stereocenters. The summed E-state index contributed by atoms with van der Waals surface area (Å²) >= 11 is 0. The van der Waals surface area contributed by atoms with Gasteiger partial charge in [-0.2, -0.15) is 9.61 Å². The van der Waals surface area contributed by atoms with Gasteiger partial charge in [0.2, 0.25) is 0 Å². The Labute approximate surface area is 115 Å². The first-order valence-electron chi connectivity index (χ1n) is 6.33. The summed E-state index contributed by atoms with van der Waals surface area (Å²) in [5, 5.41) is 6.95. The second-order valence-electron chi connectivity index (χ2n) is 5.82. The number of hydrogen-bond acceptors (Lipinski definition) is 4. The van der Waals surface area contributed by atoms with E-state index in [1.165, 1.54) is 10.8 Å². The van der Waals surface area contributed by atoms with Gasteiger partial charge in [0.15, 0.2) is 0 Å². The standard InChI is InChI=1S/C13H16N6O/c1-13(2,3)9-10(8-5-15-18(4)6-8)17-12-14-7-16-19(12)11(9)20/h5-7H,1-4H3,(H,14,16,17). The Bertz CT molecular complexity index is 833. The van der Waals surface area contributed by atoms with Crippen molar-refractivity contribution >= 4 is 5.78 Å². The third-order valence-corrected chi connectivity index (χ3v) is 3.16. The largest absolute Gasteiger partial charge is 0.278 e. The molecule has 7 nitrogen and oxygen atoms in total. The van der Waals surface area contributed by atoms with Gasteiger partial charge < -0.3 is 0 Å². The molecule has 0 bridgehead atoms. The van der Waals surface area contributed by atoms with Crippen LogP contribution in [0.5, 0.6) is 0 Å². The molecule has 0 saturated carbocycles. The highest BCUT2D eigenvalue weighted by Crippen LogP contribution is 2.28. The van der Waals surface area contributed by atoms with Crippen molar-refractivity contribution in [3.63, 3.8) is 0 Å². The highest BCUT2D eigenvalue weighted by Gasteiger charge is 2.26. The summed E-state index contributed by atoms with van der Waals surface area (Å²) in [6.45, 7) is 5.98. The molecule has 104 valence electrons. The lowest BCUT2D eigenvalue weighted by Gasteiger charge is -2.20. The normalized spacial score (nSPS) is 12.2. The second kappa shape index (κ2) is 4.03. The molecule has 0 unspecified atom stereocenters. The summed E-state index contributed by atoms with van der Waals surface area (Å²) in [4.78, 5) is 21.2. The molecule has 20 heavy (non-hydrogen) atoms. The molecule has 0 amide bonds. The quantitative estimate of drug-likeness (QED) is 0.719. The van der Waals surface area contributed by atoms with Crippen molar-refractivity contribution in [2.75, 3.05) is 0 Å². The molecule has 0 aromatic carbocycles. The molecule has 0 aliphatic rings. The van der Waals surface area contributed by atoms with E-state index in [2.05, 4.69) is 20.2 Å². The van der Waals surface area contributed by atoms with Crippen LogP contribution in [0.15, 0.2) is 23.5 Å². The maximum absolute atomic E-state index is 12.7. The molecule has 3 aromatic rings. The van der Waals surface area contributed by atoms with E-state index in [0.717, 1.165) is 5.56 Å². The van der Waals surface area contributed by atoms with Crippen LogP contribution in [0.3, 0.4) is 0 Å². The molecule has 0 fully saturated rings. The number of aromatic nitrogens is 6. The first-order valence-corrected chi connectivity index (χ1v) is 6.33. The third kappa shape index (κ3) is 1.82. The van der Waals surface area contributed by atoms with Gasteiger partial charge in [0, 0.05) is 18.8 Å². The summed E-state index contributed by atoms with van der Waals surface area (Å²) in [6.07, 6.45) is 5.02. The molecule has 0 aliphatic heterocycles. The van der Waals surface area contributed by atoms with Gasteiger partial charge >= 0.3 is 0 Å². The lowest BCUT2D eigenvalue weighted by Crippen LogP contribution is -2.29. The smallest absolute Gasteiger partial charge is 0.278 e. The lowest BCUT2D eigenvalue weighted by molar-refractivity contribution is 0.575. The van der Waals surface area contributed by atoms with Gasteiger partial charge in [-0.1, -0.05) is 20.8 Å². The van der Waals surface area contributed by atoms with Crippen LogP contribution in [0, 0.1) is 0 Å². The average molecular weight is 272 g/mol. The van der Waals surface area contributed by atoms with Gasteiger partial charge in [-0.3, -0.25) is 14.6 Å². The molecular weight excluding hydrogens is 256 g/mol. The van der Waals surface area contributed by atoms with Crippen LogP contribution in [0.25, 0.3) is 17.0 Å². The van der Waals surface area contributed by atoms with E-state index < -0.39 is 0 Å². The van der Waals surface area contributed by atoms with E-state index >= 15 is 0 Å². The van der Waals surface area contributed by atoms with Gasteiger partial charge in [0.25, 0.3) is 11.3 Å². The summed E-state index contributed by atoms with van der Waals surface area (Å²) in [6, 6.07) is 0. The van der Waals surface area contributed by atoms with Crippen LogP contribution >= 0.6 is 0 Å². The fourth-order valence-electron chi connectivity index (χ4n) is 2.29. The Kier molecular flexibility index (Phi) is 2.53. The van der Waals surface area contributed by atoms with Crippen LogP contribution in [0.1, 0.15) is 26.3 Å². The highest BCUT2D eigenvalue weighted by atomic mass is 16.1. The fraction of sp³-hybridized carbons (Fsp3) is 0.385. The second-order valence-corrected chi connectivity index (χ2v) is 5.82. The van der Waals surface area contributed by atoms with Crippen molar-refractivity contribution < 1.29 is 0 Å². The van der Waals surface area contributed by atoms with Crippen LogP contribution in [0.2, 0.25) is 0 Å². The Balaban J connectivity index is 2.43. The van der Waals surface area contributed by atoms with Crippen LogP contribution in [0.4, 0.5) is 0 Å². The van der Waals surface area contributed by atoms with Crippen LogP contribution in [-0.4, -0.2) is 29.4 Å². The maximum atomic E-state index is 12.7. The number of nitrogens with zero attached hydrogens (tertiary/aromatic N) is 5. The molecule has 3 aromatic heterocycles. The van der Waals surface area contributed by atoms with E-state index in [1.54, 1.807) is 10.9 Å². The van der Waals surface area contributed by atoms with Crippen molar-refractivity contribution in [3.8, 4) is 11.3 Å². The van der Waals surface area contributed by atoms with Gasteiger partial charge in [0.05, 0.1) is 17.5 Å². The number of nitrogens with one attached hydrogen (secondary N) is 1. The predicted octanol–water partition coefficient (Wildman–Crippen LogP) is 1.12. The Morgan fingerprint density at radius 2 is 2.05 bits per heavy atom. The fourth-order valence-corrected chi connectivity index (χ4v) is 2.29. The topological polar surface area (TPSA) is 80.9 Å². The number of rotatable bonds is 1. The zero-order valence-corrected chi connectivity index (χ0v) is 11.9. The van der Waals surface area contributed by atoms with Crippen molar-refractivity contribution in [1.82, 2.24) is 29.4 Å². The Morgan fingerprint density at radius 3 is 2.65 bits per heavy atom. The van der Waals surface area contributed by atoms with Crippen molar-refractivity contribution in [2.24, 2.45) is 7.05 Å². The number of H-pyrrole nitrogens is 1. The molecule has 0 spiro atoms. The minimum absolute atomic E-state index is 0.126. The first-order chi connectivity index (χ1) is 9.38. The van der Waals surface area contributed by atoms with Gasteiger partial charge in [-0.05, 0) is 5.41 Å². The number of aryl methyl sites for hydroxylation is 1. The number of fused-ring (bicyclic) bond motifs is 1. The highest BCUT2D eigenvalue weighted by molar-refractivity contribution is 5.64. The minimum atomic E-state index is -0.332. The summed E-state index contributed by atoms with van der Waals surface area (Å²) < 4.78 is 3.05. The zero-order valence-electron chi connectivity index (χ0n) is 11.9. The summed E-state index contributed by atoms with van der Waals surface area (Å²) in [5.41, 5.74) is 1.65. The number of aromatic amines is 1. The Hall–Kier alpha value is -2.44. The van der Waals surface area contributed by atoms with E-state index in [9.17, 15) is 4.79 Å². The van der Waals surface area contributed by atoms with Crippen LogP contribution < -0.4 is 5.56 Å². The summed E-state index contributed by atoms with van der Waals surface area (Å²) in [7, 11) is 1.83. The first kappa shape index (κ1) is 12.6. The Morgan fingerprint density at radius 1 is 1.30 bits per heavy atom. The molecule has 0 aliphatic carbocycles. The lowest BCUT2D eigenvalue weighted by atomic mass is 9.85. The third-order valence-electron chi connectivity index (χ3n) is 3.16. The van der Waals surface area contributed by atoms with Gasteiger partial charge in [0.1, 0.15) is 6.33 Å². The van der Waals surface area contributed by atoms with Crippen molar-refractivity contribution in [1.29, 1.82) is 0 Å². The van der Waals surface area contributed by atoms with Crippen LogP contribution in [-0.2, 0) is 12.5 Å². The van der Waals surface area contributed by atoms with Gasteiger partial charge in [-0.15, -0.1) is 0 Å². The number of hydrogen-bond donors (Lipinski definition) is 1. The predicted molar refractivity (Wildman–Crippen MR) is 74.5 cm³/mol. The molecule has 3 rings (SSSR count). The van der Waals surface area contributed by atoms with E-state index in [1.807, 2.05) is 34.0 Å². The van der Waals surface area contributed by atoms with E-state index in [4.69, 9.17) is 0 Å². The molecule has 0 saturated heterocycles. The average Bonchev–Trinajstić information content (AvgIpc) is 2.95. The molecule has 0 radical (unpaired) electrons. The van der Waals surface area contributed by atoms with E-state index in [0.29, 0.717) is 17.0 Å². The molecular formula is C13H16N6O. The molecule has 7 heteroatoms. The minimum Gasteiger partial charge on any atom is -0.278 e. The van der Waals surface area contributed by atoms with E-state index in [-0.39, 0.29) is 11.0 Å². The molecule has 1 N–H and O–H groups in total.